The molecule has 0 aromatic rings. The molecule has 0 aromatic carbocycles. The molecule has 0 spiro atoms. The molecule has 0 amide bonds. The van der Waals surface area contributed by atoms with Crippen molar-refractivity contribution in [2.75, 3.05) is 12.9 Å². The van der Waals surface area contributed by atoms with Gasteiger partial charge in [0.05, 0.1) is 6.26 Å². The monoisotopic (exact) mass is 152 g/mol. The van der Waals surface area contributed by atoms with Crippen LogP contribution in [0.2, 0.25) is 0 Å². The van der Waals surface area contributed by atoms with Crippen molar-refractivity contribution in [3.63, 3.8) is 0 Å². The number of epoxide rings is 1. The quantitative estimate of drug-likeness (QED) is 0.403. The average molecular weight is 152 g/mol. The van der Waals surface area contributed by atoms with Crippen LogP contribution in [0.1, 0.15) is 6.92 Å². The molecule has 0 bridgehead atoms. The summed E-state index contributed by atoms with van der Waals surface area (Å²) in [7, 11) is -3.34. The van der Waals surface area contributed by atoms with E-state index in [1.54, 1.807) is 6.92 Å². The number of ether oxygens (including phenoxy) is 1. The second-order valence-electron chi connectivity index (χ2n) is 2.21. The third-order valence-corrected chi connectivity index (χ3v) is 1.53. The summed E-state index contributed by atoms with van der Waals surface area (Å²) in [6.45, 7) is 1.94. The van der Waals surface area contributed by atoms with Gasteiger partial charge in [-0.15, -0.1) is 0 Å². The van der Waals surface area contributed by atoms with Gasteiger partial charge in [0.1, 0.15) is 6.61 Å². The molecule has 5 heteroatoms. The van der Waals surface area contributed by atoms with Crippen LogP contribution in [0, 0.1) is 0 Å². The molecule has 0 radical (unpaired) electrons. The van der Waals surface area contributed by atoms with E-state index >= 15 is 0 Å². The number of rotatable bonds is 2. The summed E-state index contributed by atoms with van der Waals surface area (Å²) in [5.74, 6) is -0.854. The van der Waals surface area contributed by atoms with Crippen molar-refractivity contribution in [2.45, 2.75) is 12.7 Å². The van der Waals surface area contributed by atoms with E-state index in [1.807, 2.05) is 0 Å². The van der Waals surface area contributed by atoms with Crippen LogP contribution in [0.15, 0.2) is 0 Å². The van der Waals surface area contributed by atoms with Crippen molar-refractivity contribution >= 4 is 10.1 Å². The van der Waals surface area contributed by atoms with Crippen molar-refractivity contribution in [1.82, 2.24) is 0 Å². The Balaban J connectivity index is 2.53. The highest BCUT2D eigenvalue weighted by atomic mass is 32.2. The smallest absolute Gasteiger partial charge is 0.267 e. The predicted octanol–water partition coefficient (Wildman–Crippen LogP) is -0.291. The lowest BCUT2D eigenvalue weighted by molar-refractivity contribution is 0.0887. The molecule has 0 unspecified atom stereocenters. The molecule has 0 aromatic heterocycles. The first kappa shape index (κ1) is 6.98. The third-order valence-electron chi connectivity index (χ3n) is 0.879. The molecule has 1 aliphatic rings. The zero-order chi connectivity index (χ0) is 7.12. The van der Waals surface area contributed by atoms with Crippen molar-refractivity contribution < 1.29 is 17.3 Å². The molecule has 1 heterocycles. The van der Waals surface area contributed by atoms with Crippen LogP contribution < -0.4 is 0 Å². The van der Waals surface area contributed by atoms with Gasteiger partial charge in [-0.2, -0.15) is 8.42 Å². The summed E-state index contributed by atoms with van der Waals surface area (Å²) < 4.78 is 29.9. The first-order valence-corrected chi connectivity index (χ1v) is 4.28. The van der Waals surface area contributed by atoms with Crippen molar-refractivity contribution in [2.24, 2.45) is 0 Å². The van der Waals surface area contributed by atoms with E-state index in [2.05, 4.69) is 8.92 Å². The molecule has 9 heavy (non-hydrogen) atoms. The second-order valence-corrected chi connectivity index (χ2v) is 3.78. The van der Waals surface area contributed by atoms with Crippen molar-refractivity contribution in [3.05, 3.63) is 0 Å². The van der Waals surface area contributed by atoms with E-state index in [1.165, 1.54) is 0 Å². The van der Waals surface area contributed by atoms with Crippen LogP contribution in [0.5, 0.6) is 0 Å². The van der Waals surface area contributed by atoms with Crippen LogP contribution in [0.25, 0.3) is 0 Å². The third kappa shape index (κ3) is 2.30. The maximum absolute atomic E-state index is 10.4. The average Bonchev–Trinajstić information content (AvgIpc) is 2.12. The van der Waals surface area contributed by atoms with Gasteiger partial charge in [-0.25, -0.2) is 4.18 Å². The van der Waals surface area contributed by atoms with Crippen molar-refractivity contribution in [1.29, 1.82) is 0 Å². The lowest BCUT2D eigenvalue weighted by Crippen LogP contribution is -2.15. The zero-order valence-electron chi connectivity index (χ0n) is 5.25. The Morgan fingerprint density at radius 1 is 1.67 bits per heavy atom. The van der Waals surface area contributed by atoms with Gasteiger partial charge in [0.2, 0.25) is 5.79 Å². The summed E-state index contributed by atoms with van der Waals surface area (Å²) in [6.07, 6.45) is 1.000. The van der Waals surface area contributed by atoms with E-state index in [4.69, 9.17) is 0 Å². The molecule has 54 valence electrons. The van der Waals surface area contributed by atoms with Crippen LogP contribution in [-0.2, 0) is 19.0 Å². The minimum absolute atomic E-state index is 0.361. The summed E-state index contributed by atoms with van der Waals surface area (Å²) in [5.41, 5.74) is 0. The minimum atomic E-state index is -3.34. The normalized spacial score (nSPS) is 34.4. The molecular weight excluding hydrogens is 144 g/mol. The lowest BCUT2D eigenvalue weighted by atomic mass is 10.5. The van der Waals surface area contributed by atoms with Gasteiger partial charge in [0, 0.05) is 0 Å². The van der Waals surface area contributed by atoms with Gasteiger partial charge in [-0.1, -0.05) is 0 Å². The Hall–Kier alpha value is -0.130. The van der Waals surface area contributed by atoms with Gasteiger partial charge in [-0.3, -0.25) is 0 Å². The van der Waals surface area contributed by atoms with Gasteiger partial charge in [-0.05, 0) is 6.92 Å². The molecule has 1 aliphatic heterocycles. The van der Waals surface area contributed by atoms with E-state index in [9.17, 15) is 8.42 Å². The fourth-order valence-electron chi connectivity index (χ4n) is 0.470. The van der Waals surface area contributed by atoms with Crippen LogP contribution >= 0.6 is 0 Å². The minimum Gasteiger partial charge on any atom is -0.341 e. The number of hydrogen-bond donors (Lipinski definition) is 0. The lowest BCUT2D eigenvalue weighted by Gasteiger charge is -2.01. The Morgan fingerprint density at radius 2 is 2.11 bits per heavy atom. The highest BCUT2D eigenvalue weighted by molar-refractivity contribution is 7.86. The topological polar surface area (TPSA) is 55.9 Å². The Morgan fingerprint density at radius 3 is 2.22 bits per heavy atom. The van der Waals surface area contributed by atoms with E-state index in [0.29, 0.717) is 6.61 Å². The SMILES string of the molecule is C[C@]1(OS(C)(=O)=O)CO1. The fraction of sp³-hybridized carbons (Fsp3) is 1.00. The molecule has 0 aliphatic carbocycles. The van der Waals surface area contributed by atoms with E-state index in [0.717, 1.165) is 6.26 Å². The summed E-state index contributed by atoms with van der Waals surface area (Å²) >= 11 is 0. The molecule has 1 atom stereocenters. The molecule has 0 saturated carbocycles. The summed E-state index contributed by atoms with van der Waals surface area (Å²) in [5, 5.41) is 0. The maximum Gasteiger partial charge on any atom is 0.267 e. The van der Waals surface area contributed by atoms with Crippen LogP contribution in [0.4, 0.5) is 0 Å². The maximum atomic E-state index is 10.4. The predicted molar refractivity (Wildman–Crippen MR) is 30.3 cm³/mol. The summed E-state index contributed by atoms with van der Waals surface area (Å²) in [6, 6.07) is 0. The Bertz CT molecular complexity index is 201. The van der Waals surface area contributed by atoms with Gasteiger partial charge in [0.25, 0.3) is 10.1 Å². The van der Waals surface area contributed by atoms with E-state index in [-0.39, 0.29) is 0 Å². The first-order chi connectivity index (χ1) is 3.91. The van der Waals surface area contributed by atoms with Gasteiger partial charge >= 0.3 is 0 Å². The highest BCUT2D eigenvalue weighted by Gasteiger charge is 2.44. The first-order valence-electron chi connectivity index (χ1n) is 2.46. The molecule has 0 N–H and O–H groups in total. The van der Waals surface area contributed by atoms with Gasteiger partial charge < -0.3 is 4.74 Å². The molecule has 1 saturated heterocycles. The fourth-order valence-corrected chi connectivity index (χ4v) is 1.21. The van der Waals surface area contributed by atoms with Crippen LogP contribution in [-0.4, -0.2) is 27.1 Å². The van der Waals surface area contributed by atoms with Crippen LogP contribution in [0.3, 0.4) is 0 Å². The molecule has 1 rings (SSSR count). The van der Waals surface area contributed by atoms with Gasteiger partial charge in [0.15, 0.2) is 0 Å². The number of hydrogen-bond acceptors (Lipinski definition) is 4. The Kier molecular flexibility index (Phi) is 1.30. The zero-order valence-corrected chi connectivity index (χ0v) is 6.06. The molecule has 1 fully saturated rings. The van der Waals surface area contributed by atoms with E-state index < -0.39 is 15.9 Å². The molecular formula is C4H8O4S. The second kappa shape index (κ2) is 1.68. The Labute approximate surface area is 53.9 Å². The highest BCUT2D eigenvalue weighted by Crippen LogP contribution is 2.28. The largest absolute Gasteiger partial charge is 0.341 e. The molecule has 4 nitrogen and oxygen atoms in total. The van der Waals surface area contributed by atoms with Crippen molar-refractivity contribution in [3.8, 4) is 0 Å². The standard InChI is InChI=1S/C4H8O4S/c1-4(3-7-4)8-9(2,5)6/h3H2,1-2H3/t4-/m0/s1. The summed E-state index contributed by atoms with van der Waals surface area (Å²) in [4.78, 5) is 0.